The van der Waals surface area contributed by atoms with Gasteiger partial charge < -0.3 is 4.74 Å². The second kappa shape index (κ2) is 5.62. The largest absolute Gasteiger partial charge is 0.495 e. The Kier molecular flexibility index (Phi) is 3.92. The summed E-state index contributed by atoms with van der Waals surface area (Å²) in [6.45, 7) is 2.06. The Hall–Kier alpha value is -1.91. The van der Waals surface area contributed by atoms with Crippen LogP contribution in [0.5, 0.6) is 5.75 Å². The van der Waals surface area contributed by atoms with Crippen LogP contribution in [-0.2, 0) is 0 Å². The van der Waals surface area contributed by atoms with E-state index in [1.54, 1.807) is 19.5 Å². The molecule has 0 saturated carbocycles. The summed E-state index contributed by atoms with van der Waals surface area (Å²) in [5, 5.41) is 0. The molecule has 4 nitrogen and oxygen atoms in total. The molecule has 1 unspecified atom stereocenters. The van der Waals surface area contributed by atoms with Crippen molar-refractivity contribution in [3.63, 3.8) is 0 Å². The van der Waals surface area contributed by atoms with Crippen LogP contribution in [0.3, 0.4) is 0 Å². The predicted octanol–water partition coefficient (Wildman–Crippen LogP) is 1.95. The van der Waals surface area contributed by atoms with Gasteiger partial charge in [-0.05, 0) is 18.6 Å². The minimum absolute atomic E-state index is 0.108. The fourth-order valence-electron chi connectivity index (χ4n) is 2.02. The number of methoxy groups -OCH3 is 1. The average Bonchev–Trinajstić information content (AvgIpc) is 2.40. The van der Waals surface area contributed by atoms with Crippen LogP contribution in [0.15, 0.2) is 42.7 Å². The Bertz CT molecular complexity index is 528. The summed E-state index contributed by atoms with van der Waals surface area (Å²) < 4.78 is 5.32. The van der Waals surface area contributed by atoms with E-state index in [0.29, 0.717) is 0 Å². The summed E-state index contributed by atoms with van der Waals surface area (Å²) in [4.78, 5) is 4.05. The van der Waals surface area contributed by atoms with Crippen LogP contribution in [0.4, 0.5) is 0 Å². The van der Waals surface area contributed by atoms with Gasteiger partial charge in [0.15, 0.2) is 0 Å². The van der Waals surface area contributed by atoms with E-state index in [4.69, 9.17) is 10.6 Å². The Morgan fingerprint density at radius 2 is 2.17 bits per heavy atom. The molecule has 18 heavy (non-hydrogen) atoms. The second-order valence-electron chi connectivity index (χ2n) is 4.13. The van der Waals surface area contributed by atoms with Crippen LogP contribution in [0, 0.1) is 6.92 Å². The summed E-state index contributed by atoms with van der Waals surface area (Å²) in [7, 11) is 1.63. The molecule has 3 N–H and O–H groups in total. The van der Waals surface area contributed by atoms with E-state index in [1.807, 2.05) is 18.2 Å². The first-order chi connectivity index (χ1) is 8.76. The lowest BCUT2D eigenvalue weighted by Gasteiger charge is -2.19. The van der Waals surface area contributed by atoms with Crippen molar-refractivity contribution in [3.05, 3.63) is 59.4 Å². The van der Waals surface area contributed by atoms with Crippen molar-refractivity contribution < 1.29 is 4.74 Å². The van der Waals surface area contributed by atoms with Gasteiger partial charge in [0.05, 0.1) is 19.3 Å². The molecule has 0 radical (unpaired) electrons. The zero-order chi connectivity index (χ0) is 13.0. The molecule has 2 rings (SSSR count). The summed E-state index contributed by atoms with van der Waals surface area (Å²) in [5.41, 5.74) is 6.10. The molecular weight excluding hydrogens is 226 g/mol. The van der Waals surface area contributed by atoms with Gasteiger partial charge in [-0.25, -0.2) is 5.43 Å². The maximum atomic E-state index is 5.68. The van der Waals surface area contributed by atoms with Crippen molar-refractivity contribution in [1.29, 1.82) is 0 Å². The van der Waals surface area contributed by atoms with Crippen molar-refractivity contribution >= 4 is 0 Å². The van der Waals surface area contributed by atoms with Gasteiger partial charge in [-0.15, -0.1) is 0 Å². The molecule has 0 aliphatic rings. The van der Waals surface area contributed by atoms with Crippen LogP contribution in [-0.4, -0.2) is 12.1 Å². The molecule has 0 aliphatic carbocycles. The molecule has 0 saturated heterocycles. The third kappa shape index (κ3) is 2.50. The Labute approximate surface area is 107 Å². The van der Waals surface area contributed by atoms with E-state index in [1.165, 1.54) is 5.56 Å². The van der Waals surface area contributed by atoms with Crippen LogP contribution in [0.2, 0.25) is 0 Å². The van der Waals surface area contributed by atoms with Gasteiger partial charge in [0.2, 0.25) is 0 Å². The van der Waals surface area contributed by atoms with Gasteiger partial charge in [0.25, 0.3) is 0 Å². The average molecular weight is 243 g/mol. The number of aromatic nitrogens is 1. The SMILES string of the molecule is COc1cnccc1C(NN)c1cccc(C)c1. The molecule has 2 aromatic rings. The molecule has 1 atom stereocenters. The summed E-state index contributed by atoms with van der Waals surface area (Å²) >= 11 is 0. The number of aryl methyl sites for hydroxylation is 1. The van der Waals surface area contributed by atoms with Crippen LogP contribution < -0.4 is 16.0 Å². The van der Waals surface area contributed by atoms with E-state index in [-0.39, 0.29) is 6.04 Å². The number of nitrogens with zero attached hydrogens (tertiary/aromatic N) is 1. The number of nitrogens with two attached hydrogens (primary N) is 1. The monoisotopic (exact) mass is 243 g/mol. The van der Waals surface area contributed by atoms with Crippen molar-refractivity contribution in [2.45, 2.75) is 13.0 Å². The number of hydrogen-bond acceptors (Lipinski definition) is 4. The van der Waals surface area contributed by atoms with E-state index in [9.17, 15) is 0 Å². The standard InChI is InChI=1S/C14H17N3O/c1-10-4-3-5-11(8-10)14(17-15)12-6-7-16-9-13(12)18-2/h3-9,14,17H,15H2,1-2H3. The van der Waals surface area contributed by atoms with Gasteiger partial charge in [-0.2, -0.15) is 0 Å². The number of hydrazine groups is 1. The van der Waals surface area contributed by atoms with Gasteiger partial charge >= 0.3 is 0 Å². The lowest BCUT2D eigenvalue weighted by Crippen LogP contribution is -2.29. The molecule has 0 amide bonds. The number of benzene rings is 1. The minimum atomic E-state index is -0.108. The van der Waals surface area contributed by atoms with E-state index in [2.05, 4.69) is 29.5 Å². The number of hydrogen-bond donors (Lipinski definition) is 2. The number of nitrogens with one attached hydrogen (secondary N) is 1. The Morgan fingerprint density at radius 3 is 2.83 bits per heavy atom. The highest BCUT2D eigenvalue weighted by Crippen LogP contribution is 2.28. The fourth-order valence-corrected chi connectivity index (χ4v) is 2.02. The van der Waals surface area contributed by atoms with E-state index in [0.717, 1.165) is 16.9 Å². The summed E-state index contributed by atoms with van der Waals surface area (Å²) in [6, 6.07) is 10.0. The zero-order valence-electron chi connectivity index (χ0n) is 10.6. The third-order valence-corrected chi connectivity index (χ3v) is 2.89. The highest BCUT2D eigenvalue weighted by molar-refractivity contribution is 5.40. The van der Waals surface area contributed by atoms with Gasteiger partial charge in [-0.3, -0.25) is 10.8 Å². The van der Waals surface area contributed by atoms with Gasteiger partial charge in [-0.1, -0.05) is 29.8 Å². The molecule has 0 spiro atoms. The number of pyridine rings is 1. The van der Waals surface area contributed by atoms with Crippen molar-refractivity contribution in [1.82, 2.24) is 10.4 Å². The highest BCUT2D eigenvalue weighted by Gasteiger charge is 2.16. The maximum Gasteiger partial charge on any atom is 0.142 e. The van der Waals surface area contributed by atoms with Crippen molar-refractivity contribution in [3.8, 4) is 5.75 Å². The minimum Gasteiger partial charge on any atom is -0.495 e. The van der Waals surface area contributed by atoms with E-state index >= 15 is 0 Å². The van der Waals surface area contributed by atoms with Crippen LogP contribution in [0.25, 0.3) is 0 Å². The van der Waals surface area contributed by atoms with Crippen LogP contribution in [0.1, 0.15) is 22.7 Å². The second-order valence-corrected chi connectivity index (χ2v) is 4.13. The highest BCUT2D eigenvalue weighted by atomic mass is 16.5. The molecule has 94 valence electrons. The quantitative estimate of drug-likeness (QED) is 0.636. The Balaban J connectivity index is 2.45. The normalized spacial score (nSPS) is 12.2. The molecule has 1 aromatic carbocycles. The summed E-state index contributed by atoms with van der Waals surface area (Å²) in [5.74, 6) is 6.41. The first-order valence-corrected chi connectivity index (χ1v) is 5.77. The smallest absolute Gasteiger partial charge is 0.142 e. The third-order valence-electron chi connectivity index (χ3n) is 2.89. The van der Waals surface area contributed by atoms with Crippen molar-refractivity contribution in [2.24, 2.45) is 5.84 Å². The molecule has 0 aliphatic heterocycles. The van der Waals surface area contributed by atoms with E-state index < -0.39 is 0 Å². The Morgan fingerprint density at radius 1 is 1.33 bits per heavy atom. The van der Waals surface area contributed by atoms with Gasteiger partial charge in [0, 0.05) is 11.8 Å². The first kappa shape index (κ1) is 12.5. The van der Waals surface area contributed by atoms with Crippen molar-refractivity contribution in [2.75, 3.05) is 7.11 Å². The lowest BCUT2D eigenvalue weighted by atomic mass is 9.98. The zero-order valence-corrected chi connectivity index (χ0v) is 10.6. The molecule has 1 heterocycles. The summed E-state index contributed by atoms with van der Waals surface area (Å²) in [6.07, 6.45) is 3.42. The molecule has 0 fully saturated rings. The topological polar surface area (TPSA) is 60.2 Å². The predicted molar refractivity (Wildman–Crippen MR) is 71.1 cm³/mol. The lowest BCUT2D eigenvalue weighted by molar-refractivity contribution is 0.402. The molecule has 1 aromatic heterocycles. The molecular formula is C14H17N3O. The number of ether oxygens (including phenoxy) is 1. The molecule has 4 heteroatoms. The molecule has 0 bridgehead atoms. The number of rotatable bonds is 4. The van der Waals surface area contributed by atoms with Gasteiger partial charge in [0.1, 0.15) is 5.75 Å². The first-order valence-electron chi connectivity index (χ1n) is 5.77. The van der Waals surface area contributed by atoms with Crippen LogP contribution >= 0.6 is 0 Å². The fraction of sp³-hybridized carbons (Fsp3) is 0.214. The maximum absolute atomic E-state index is 5.68.